The number of esters is 1. The number of aliphatic hydroxyl groups is 1. The quantitative estimate of drug-likeness (QED) is 0.192. The summed E-state index contributed by atoms with van der Waals surface area (Å²) in [6, 6.07) is 10.4. The van der Waals surface area contributed by atoms with Gasteiger partial charge in [0.05, 0.1) is 40.6 Å². The number of allylic oxidation sites excluding steroid dienone is 4. The number of hydrogen-bond acceptors (Lipinski definition) is 8. The van der Waals surface area contributed by atoms with Gasteiger partial charge in [-0.15, -0.1) is 0 Å². The number of carbonyl (C=O) groups excluding carboxylic acids is 2. The van der Waals surface area contributed by atoms with Crippen molar-refractivity contribution in [1.82, 2.24) is 0 Å². The third kappa shape index (κ3) is 7.80. The van der Waals surface area contributed by atoms with Gasteiger partial charge in [0.25, 0.3) is 0 Å². The van der Waals surface area contributed by atoms with Crippen LogP contribution in [0.3, 0.4) is 0 Å². The van der Waals surface area contributed by atoms with E-state index in [1.807, 2.05) is 0 Å². The van der Waals surface area contributed by atoms with Crippen molar-refractivity contribution in [2.75, 3.05) is 35.0 Å². The van der Waals surface area contributed by atoms with Crippen molar-refractivity contribution in [2.24, 2.45) is 0 Å². The first-order valence-electron chi connectivity index (χ1n) is 11.0. The third-order valence-corrected chi connectivity index (χ3v) is 4.89. The van der Waals surface area contributed by atoms with Crippen LogP contribution in [0.4, 0.5) is 0 Å². The average molecular weight is 495 g/mol. The van der Waals surface area contributed by atoms with E-state index in [0.717, 1.165) is 6.08 Å². The van der Waals surface area contributed by atoms with E-state index in [2.05, 4.69) is 0 Å². The molecule has 2 aromatic rings. The molecule has 0 aliphatic heterocycles. The van der Waals surface area contributed by atoms with E-state index in [-0.39, 0.29) is 17.9 Å². The molecule has 0 saturated carbocycles. The predicted molar refractivity (Wildman–Crippen MR) is 138 cm³/mol. The standard InChI is InChI=1S/C28H30O8/c1-6-36-28(31)16-11-21(22(29)12-7-19-9-14-24(32-2)26(17-19)34-4)23(30)13-8-20-10-15-25(33-3)27(18-20)35-5/h7-18,29H,6H2,1-5H3/b12-7+,13-8+,16-11+,22-21-. The highest BCUT2D eigenvalue weighted by Crippen LogP contribution is 2.29. The minimum Gasteiger partial charge on any atom is -0.507 e. The number of carbonyl (C=O) groups is 2. The molecule has 8 nitrogen and oxygen atoms in total. The van der Waals surface area contributed by atoms with Gasteiger partial charge in [-0.25, -0.2) is 4.79 Å². The highest BCUT2D eigenvalue weighted by molar-refractivity contribution is 6.09. The van der Waals surface area contributed by atoms with Crippen LogP contribution in [-0.2, 0) is 14.3 Å². The van der Waals surface area contributed by atoms with Gasteiger partial charge in [0.2, 0.25) is 0 Å². The fourth-order valence-electron chi connectivity index (χ4n) is 3.08. The molecule has 0 aromatic heterocycles. The van der Waals surface area contributed by atoms with Crippen LogP contribution in [-0.4, -0.2) is 51.9 Å². The molecule has 0 radical (unpaired) electrons. The predicted octanol–water partition coefficient (Wildman–Crippen LogP) is 4.95. The first-order valence-corrected chi connectivity index (χ1v) is 11.0. The van der Waals surface area contributed by atoms with Gasteiger partial charge in [-0.3, -0.25) is 4.79 Å². The van der Waals surface area contributed by atoms with Crippen molar-refractivity contribution in [3.63, 3.8) is 0 Å². The Hall–Kier alpha value is -4.46. The normalized spacial score (nSPS) is 12.0. The van der Waals surface area contributed by atoms with E-state index in [1.165, 1.54) is 46.7 Å². The highest BCUT2D eigenvalue weighted by atomic mass is 16.5. The third-order valence-electron chi connectivity index (χ3n) is 4.89. The Balaban J connectivity index is 2.39. The SMILES string of the molecule is CCOC(=O)/C=C/C(C(=O)/C=C/c1ccc(OC)c(OC)c1)=C(O)\C=C\c1ccc(OC)c(OC)c1. The molecule has 8 heteroatoms. The fourth-order valence-corrected chi connectivity index (χ4v) is 3.08. The molecule has 0 aliphatic carbocycles. The van der Waals surface area contributed by atoms with Crippen LogP contribution in [0.1, 0.15) is 18.1 Å². The zero-order valence-corrected chi connectivity index (χ0v) is 20.9. The Morgan fingerprint density at radius 2 is 1.22 bits per heavy atom. The van der Waals surface area contributed by atoms with E-state index in [9.17, 15) is 14.7 Å². The molecule has 0 unspecified atom stereocenters. The van der Waals surface area contributed by atoms with Crippen molar-refractivity contribution in [2.45, 2.75) is 6.92 Å². The Kier molecular flexibility index (Phi) is 10.8. The van der Waals surface area contributed by atoms with Gasteiger partial charge in [0, 0.05) is 6.08 Å². The van der Waals surface area contributed by atoms with Gasteiger partial charge in [-0.05, 0) is 60.5 Å². The number of rotatable bonds is 12. The van der Waals surface area contributed by atoms with Gasteiger partial charge in [0.1, 0.15) is 5.76 Å². The molecular formula is C28H30O8. The maximum absolute atomic E-state index is 13.0. The molecule has 0 heterocycles. The lowest BCUT2D eigenvalue weighted by molar-refractivity contribution is -0.137. The van der Waals surface area contributed by atoms with Crippen LogP contribution in [0.2, 0.25) is 0 Å². The molecule has 36 heavy (non-hydrogen) atoms. The lowest BCUT2D eigenvalue weighted by Crippen LogP contribution is -2.03. The zero-order chi connectivity index (χ0) is 26.5. The first-order chi connectivity index (χ1) is 17.4. The van der Waals surface area contributed by atoms with E-state index >= 15 is 0 Å². The number of methoxy groups -OCH3 is 4. The Morgan fingerprint density at radius 1 is 0.722 bits per heavy atom. The molecule has 2 rings (SSSR count). The average Bonchev–Trinajstić information content (AvgIpc) is 2.90. The molecule has 0 saturated heterocycles. The molecule has 0 amide bonds. The summed E-state index contributed by atoms with van der Waals surface area (Å²) in [6.45, 7) is 1.85. The van der Waals surface area contributed by atoms with E-state index in [4.69, 9.17) is 23.7 Å². The van der Waals surface area contributed by atoms with Crippen LogP contribution >= 0.6 is 0 Å². The zero-order valence-electron chi connectivity index (χ0n) is 20.9. The van der Waals surface area contributed by atoms with Crippen molar-refractivity contribution in [3.05, 3.63) is 83.2 Å². The van der Waals surface area contributed by atoms with Crippen molar-refractivity contribution >= 4 is 23.9 Å². The number of aliphatic hydroxyl groups excluding tert-OH is 1. The maximum atomic E-state index is 13.0. The summed E-state index contributed by atoms with van der Waals surface area (Å²) in [6.07, 6.45) is 8.10. The number of benzene rings is 2. The summed E-state index contributed by atoms with van der Waals surface area (Å²) in [4.78, 5) is 24.8. The summed E-state index contributed by atoms with van der Waals surface area (Å²) in [7, 11) is 6.10. The minimum atomic E-state index is -0.636. The van der Waals surface area contributed by atoms with Gasteiger partial charge >= 0.3 is 5.97 Å². The van der Waals surface area contributed by atoms with Gasteiger partial charge in [0.15, 0.2) is 28.8 Å². The van der Waals surface area contributed by atoms with E-state index in [0.29, 0.717) is 34.1 Å². The summed E-state index contributed by atoms with van der Waals surface area (Å²) in [5, 5.41) is 10.7. The van der Waals surface area contributed by atoms with Crippen LogP contribution in [0, 0.1) is 0 Å². The van der Waals surface area contributed by atoms with Gasteiger partial charge in [-0.1, -0.05) is 24.3 Å². The van der Waals surface area contributed by atoms with E-state index in [1.54, 1.807) is 55.5 Å². The lowest BCUT2D eigenvalue weighted by Gasteiger charge is -2.08. The van der Waals surface area contributed by atoms with Crippen LogP contribution in [0.15, 0.2) is 72.0 Å². The summed E-state index contributed by atoms with van der Waals surface area (Å²) in [5.74, 6) is 0.625. The monoisotopic (exact) mass is 494 g/mol. The molecule has 1 N–H and O–H groups in total. The molecule has 2 aromatic carbocycles. The smallest absolute Gasteiger partial charge is 0.330 e. The Labute approximate surface area is 210 Å². The van der Waals surface area contributed by atoms with Crippen LogP contribution in [0.25, 0.3) is 12.2 Å². The topological polar surface area (TPSA) is 101 Å². The van der Waals surface area contributed by atoms with Crippen molar-refractivity contribution in [3.8, 4) is 23.0 Å². The Morgan fingerprint density at radius 3 is 1.69 bits per heavy atom. The lowest BCUT2D eigenvalue weighted by atomic mass is 10.1. The molecule has 0 fully saturated rings. The molecule has 0 bridgehead atoms. The minimum absolute atomic E-state index is 0.100. The van der Waals surface area contributed by atoms with Gasteiger partial charge in [-0.2, -0.15) is 0 Å². The summed E-state index contributed by atoms with van der Waals surface area (Å²) >= 11 is 0. The van der Waals surface area contributed by atoms with Crippen molar-refractivity contribution in [1.29, 1.82) is 0 Å². The molecule has 0 atom stereocenters. The second kappa shape index (κ2) is 14.1. The summed E-state index contributed by atoms with van der Waals surface area (Å²) in [5.41, 5.74) is 1.27. The highest BCUT2D eigenvalue weighted by Gasteiger charge is 2.11. The molecule has 0 spiro atoms. The molecule has 0 aliphatic rings. The summed E-state index contributed by atoms with van der Waals surface area (Å²) < 4.78 is 25.9. The number of ketones is 1. The number of hydrogen-bond donors (Lipinski definition) is 1. The van der Waals surface area contributed by atoms with Crippen LogP contribution in [0.5, 0.6) is 23.0 Å². The first kappa shape index (κ1) is 27.8. The second-order valence-corrected chi connectivity index (χ2v) is 7.14. The number of ether oxygens (including phenoxy) is 5. The molecular weight excluding hydrogens is 464 g/mol. The van der Waals surface area contributed by atoms with Gasteiger partial charge < -0.3 is 28.8 Å². The largest absolute Gasteiger partial charge is 0.507 e. The molecule has 190 valence electrons. The fraction of sp³-hybridized carbons (Fsp3) is 0.214. The second-order valence-electron chi connectivity index (χ2n) is 7.14. The van der Waals surface area contributed by atoms with Crippen LogP contribution < -0.4 is 18.9 Å². The Bertz CT molecular complexity index is 1190. The van der Waals surface area contributed by atoms with E-state index < -0.39 is 11.8 Å². The van der Waals surface area contributed by atoms with Crippen molar-refractivity contribution < 1.29 is 38.4 Å². The maximum Gasteiger partial charge on any atom is 0.330 e.